The Bertz CT molecular complexity index is 213. The van der Waals surface area contributed by atoms with Crippen LogP contribution in [0.4, 0.5) is 0 Å². The van der Waals surface area contributed by atoms with Crippen molar-refractivity contribution in [1.29, 1.82) is 5.26 Å². The summed E-state index contributed by atoms with van der Waals surface area (Å²) >= 11 is 1.69. The molecule has 86 valence electrons. The van der Waals surface area contributed by atoms with Gasteiger partial charge in [-0.3, -0.25) is 4.79 Å². The van der Waals surface area contributed by atoms with Crippen LogP contribution in [-0.4, -0.2) is 35.9 Å². The number of nitrogens with zero attached hydrogens (tertiary/aromatic N) is 2. The lowest BCUT2D eigenvalue weighted by molar-refractivity contribution is -0.127. The number of amides is 1. The maximum atomic E-state index is 11.5. The van der Waals surface area contributed by atoms with Gasteiger partial charge in [-0.05, 0) is 12.2 Å². The van der Waals surface area contributed by atoms with Crippen LogP contribution in [0.1, 0.15) is 32.6 Å². The minimum Gasteiger partial charge on any atom is -0.344 e. The summed E-state index contributed by atoms with van der Waals surface area (Å²) in [7, 11) is 1.76. The molecule has 0 heterocycles. The summed E-state index contributed by atoms with van der Waals surface area (Å²) in [5.41, 5.74) is 0. The fourth-order valence-corrected chi connectivity index (χ4v) is 2.01. The Balaban J connectivity index is 3.43. The average molecular weight is 228 g/mol. The second-order valence-electron chi connectivity index (χ2n) is 3.48. The molecule has 0 bridgehead atoms. The number of thioether (sulfide) groups is 1. The average Bonchev–Trinajstić information content (AvgIpc) is 2.25. The van der Waals surface area contributed by atoms with E-state index in [1.54, 1.807) is 23.7 Å². The molecule has 0 unspecified atom stereocenters. The topological polar surface area (TPSA) is 44.1 Å². The highest BCUT2D eigenvalue weighted by Gasteiger charge is 2.07. The molecule has 0 fully saturated rings. The van der Waals surface area contributed by atoms with E-state index in [2.05, 4.69) is 6.92 Å². The smallest absolute Gasteiger partial charge is 0.232 e. The first-order valence-electron chi connectivity index (χ1n) is 5.41. The van der Waals surface area contributed by atoms with Crippen LogP contribution in [0.2, 0.25) is 0 Å². The molecule has 0 N–H and O–H groups in total. The van der Waals surface area contributed by atoms with Gasteiger partial charge in [-0.15, -0.1) is 0 Å². The SMILES string of the molecule is CCCCCSCC(=O)N(C)CCC#N. The molecular formula is C11H20N2OS. The van der Waals surface area contributed by atoms with Gasteiger partial charge in [-0.25, -0.2) is 0 Å². The van der Waals surface area contributed by atoms with Crippen molar-refractivity contribution in [2.45, 2.75) is 32.6 Å². The molecule has 0 aliphatic carbocycles. The van der Waals surface area contributed by atoms with Crippen LogP contribution in [0, 0.1) is 11.3 Å². The number of hydrogen-bond donors (Lipinski definition) is 0. The van der Waals surface area contributed by atoms with Crippen LogP contribution < -0.4 is 0 Å². The zero-order valence-electron chi connectivity index (χ0n) is 9.66. The summed E-state index contributed by atoms with van der Waals surface area (Å²) in [6.45, 7) is 2.72. The van der Waals surface area contributed by atoms with Crippen molar-refractivity contribution < 1.29 is 4.79 Å². The molecule has 0 spiro atoms. The molecule has 15 heavy (non-hydrogen) atoms. The van der Waals surface area contributed by atoms with Gasteiger partial charge in [0.1, 0.15) is 0 Å². The Morgan fingerprint density at radius 2 is 2.20 bits per heavy atom. The summed E-state index contributed by atoms with van der Waals surface area (Å²) < 4.78 is 0. The fourth-order valence-electron chi connectivity index (χ4n) is 1.07. The molecule has 0 saturated heterocycles. The second kappa shape index (κ2) is 9.85. The van der Waals surface area contributed by atoms with Crippen molar-refractivity contribution in [2.24, 2.45) is 0 Å². The number of carbonyl (C=O) groups excluding carboxylic acids is 1. The normalized spacial score (nSPS) is 9.67. The summed E-state index contributed by atoms with van der Waals surface area (Å²) in [4.78, 5) is 13.1. The largest absolute Gasteiger partial charge is 0.344 e. The maximum absolute atomic E-state index is 11.5. The van der Waals surface area contributed by atoms with E-state index in [1.807, 2.05) is 6.07 Å². The van der Waals surface area contributed by atoms with Gasteiger partial charge in [0.2, 0.25) is 5.91 Å². The van der Waals surface area contributed by atoms with Crippen molar-refractivity contribution in [1.82, 2.24) is 4.90 Å². The summed E-state index contributed by atoms with van der Waals surface area (Å²) in [5.74, 6) is 1.74. The van der Waals surface area contributed by atoms with E-state index in [1.165, 1.54) is 19.3 Å². The summed E-state index contributed by atoms with van der Waals surface area (Å²) in [6, 6.07) is 2.04. The lowest BCUT2D eigenvalue weighted by Crippen LogP contribution is -2.29. The van der Waals surface area contributed by atoms with E-state index in [0.29, 0.717) is 18.7 Å². The van der Waals surface area contributed by atoms with Crippen LogP contribution in [0.15, 0.2) is 0 Å². The predicted molar refractivity (Wildman–Crippen MR) is 64.7 cm³/mol. The molecule has 0 aromatic carbocycles. The Morgan fingerprint density at radius 3 is 2.80 bits per heavy atom. The Hall–Kier alpha value is -0.690. The van der Waals surface area contributed by atoms with E-state index >= 15 is 0 Å². The van der Waals surface area contributed by atoms with Crippen LogP contribution in [-0.2, 0) is 4.79 Å². The summed E-state index contributed by atoms with van der Waals surface area (Å²) in [6.07, 6.45) is 4.07. The minimum absolute atomic E-state index is 0.131. The van der Waals surface area contributed by atoms with Gasteiger partial charge in [0, 0.05) is 13.6 Å². The van der Waals surface area contributed by atoms with E-state index < -0.39 is 0 Å². The monoisotopic (exact) mass is 228 g/mol. The lowest BCUT2D eigenvalue weighted by Gasteiger charge is -2.14. The van der Waals surface area contributed by atoms with Crippen molar-refractivity contribution in [2.75, 3.05) is 25.1 Å². The van der Waals surface area contributed by atoms with Crippen molar-refractivity contribution in [3.05, 3.63) is 0 Å². The maximum Gasteiger partial charge on any atom is 0.232 e. The lowest BCUT2D eigenvalue weighted by atomic mass is 10.3. The molecule has 0 radical (unpaired) electrons. The standard InChI is InChI=1S/C11H20N2OS/c1-3-4-5-9-15-10-11(14)13(2)8-6-7-12/h3-6,8-10H2,1-2H3. The second-order valence-corrected chi connectivity index (χ2v) is 4.59. The van der Waals surface area contributed by atoms with Gasteiger partial charge in [0.15, 0.2) is 0 Å². The first-order valence-corrected chi connectivity index (χ1v) is 6.56. The molecule has 3 nitrogen and oxygen atoms in total. The molecule has 0 aromatic heterocycles. The predicted octanol–water partition coefficient (Wildman–Crippen LogP) is 2.28. The first-order chi connectivity index (χ1) is 7.22. The van der Waals surface area contributed by atoms with Gasteiger partial charge in [0.25, 0.3) is 0 Å². The van der Waals surface area contributed by atoms with Crippen molar-refractivity contribution >= 4 is 17.7 Å². The quantitative estimate of drug-likeness (QED) is 0.599. The van der Waals surface area contributed by atoms with Crippen molar-refractivity contribution in [3.63, 3.8) is 0 Å². The van der Waals surface area contributed by atoms with Gasteiger partial charge in [-0.2, -0.15) is 17.0 Å². The van der Waals surface area contributed by atoms with E-state index in [4.69, 9.17) is 5.26 Å². The minimum atomic E-state index is 0.131. The highest BCUT2D eigenvalue weighted by molar-refractivity contribution is 7.99. The fraction of sp³-hybridized carbons (Fsp3) is 0.818. The number of hydrogen-bond acceptors (Lipinski definition) is 3. The number of carbonyl (C=O) groups is 1. The van der Waals surface area contributed by atoms with E-state index in [-0.39, 0.29) is 5.91 Å². The Morgan fingerprint density at radius 1 is 1.47 bits per heavy atom. The molecule has 4 heteroatoms. The molecule has 0 aliphatic heterocycles. The molecule has 0 atom stereocenters. The number of rotatable bonds is 8. The Labute approximate surface area is 96.8 Å². The van der Waals surface area contributed by atoms with Crippen LogP contribution >= 0.6 is 11.8 Å². The molecule has 0 saturated carbocycles. The van der Waals surface area contributed by atoms with E-state index in [0.717, 1.165) is 5.75 Å². The van der Waals surface area contributed by atoms with Gasteiger partial charge >= 0.3 is 0 Å². The molecule has 0 aromatic rings. The summed E-state index contributed by atoms with van der Waals surface area (Å²) in [5, 5.41) is 8.38. The van der Waals surface area contributed by atoms with Gasteiger partial charge in [0.05, 0.1) is 18.2 Å². The number of nitriles is 1. The third kappa shape index (κ3) is 8.31. The zero-order valence-corrected chi connectivity index (χ0v) is 10.5. The van der Waals surface area contributed by atoms with Crippen LogP contribution in [0.3, 0.4) is 0 Å². The van der Waals surface area contributed by atoms with Gasteiger partial charge in [-0.1, -0.05) is 19.8 Å². The van der Waals surface area contributed by atoms with Crippen LogP contribution in [0.5, 0.6) is 0 Å². The number of unbranched alkanes of at least 4 members (excludes halogenated alkanes) is 2. The highest BCUT2D eigenvalue weighted by Crippen LogP contribution is 2.07. The molecule has 1 amide bonds. The Kier molecular flexibility index (Phi) is 9.40. The van der Waals surface area contributed by atoms with E-state index in [9.17, 15) is 4.79 Å². The first kappa shape index (κ1) is 14.3. The molecule has 0 aliphatic rings. The van der Waals surface area contributed by atoms with Crippen molar-refractivity contribution in [3.8, 4) is 6.07 Å². The van der Waals surface area contributed by atoms with Gasteiger partial charge < -0.3 is 4.90 Å². The third-order valence-corrected chi connectivity index (χ3v) is 3.13. The van der Waals surface area contributed by atoms with Crippen LogP contribution in [0.25, 0.3) is 0 Å². The zero-order chi connectivity index (χ0) is 11.5. The molecular weight excluding hydrogens is 208 g/mol. The molecule has 0 rings (SSSR count). The third-order valence-electron chi connectivity index (χ3n) is 2.10. The highest BCUT2D eigenvalue weighted by atomic mass is 32.2.